The maximum Gasteiger partial charge on any atom is 0.303 e. The third-order valence-electron chi connectivity index (χ3n) is 1.62. The molecule has 1 atom stereocenters. The monoisotopic (exact) mass is 263 g/mol. The van der Waals surface area contributed by atoms with Gasteiger partial charge in [0.25, 0.3) is 0 Å². The number of carboxylic acid groups (broad SMARTS) is 1. The molecule has 0 rings (SSSR count). The summed E-state index contributed by atoms with van der Waals surface area (Å²) < 4.78 is -0.0237. The van der Waals surface area contributed by atoms with Crippen LogP contribution >= 0.6 is 35.7 Å². The highest BCUT2D eigenvalue weighted by molar-refractivity contribution is 8.47. The Hall–Kier alpha value is -0.250. The lowest BCUT2D eigenvalue weighted by Crippen LogP contribution is -2.20. The van der Waals surface area contributed by atoms with Gasteiger partial charge in [0.2, 0.25) is 0 Å². The summed E-state index contributed by atoms with van der Waals surface area (Å²) in [5.74, 6) is -0.0159. The second kappa shape index (κ2) is 7.09. The summed E-state index contributed by atoms with van der Waals surface area (Å²) in [6.07, 6.45) is 0.310. The highest BCUT2D eigenvalue weighted by Crippen LogP contribution is 2.34. The minimum atomic E-state index is -0.883. The van der Waals surface area contributed by atoms with Crippen molar-refractivity contribution in [3.05, 3.63) is 0 Å². The van der Waals surface area contributed by atoms with Crippen LogP contribution in [0, 0.1) is 11.3 Å². The minimum Gasteiger partial charge on any atom is -0.481 e. The highest BCUT2D eigenvalue weighted by atomic mass is 32.2. The largest absolute Gasteiger partial charge is 0.481 e. The van der Waals surface area contributed by atoms with Gasteiger partial charge in [-0.2, -0.15) is 5.26 Å². The number of thiocarbonyl (C=S) groups is 1. The summed E-state index contributed by atoms with van der Waals surface area (Å²) in [7, 11) is 0. The number of thioether (sulfide) groups is 2. The van der Waals surface area contributed by atoms with Crippen LogP contribution in [0.5, 0.6) is 0 Å². The van der Waals surface area contributed by atoms with Crippen molar-refractivity contribution in [3.63, 3.8) is 0 Å². The van der Waals surface area contributed by atoms with Gasteiger partial charge >= 0.3 is 5.97 Å². The number of hydrogen-bond donors (Lipinski definition) is 1. The van der Waals surface area contributed by atoms with Crippen molar-refractivity contribution in [2.75, 3.05) is 5.75 Å². The predicted molar refractivity (Wildman–Crippen MR) is 69.2 cm³/mol. The fraction of sp³-hybridized carbons (Fsp3) is 0.667. The number of aliphatic carboxylic acids is 1. The molecule has 15 heavy (non-hydrogen) atoms. The molecule has 0 aliphatic rings. The van der Waals surface area contributed by atoms with Gasteiger partial charge in [0.05, 0.1) is 6.07 Å². The van der Waals surface area contributed by atoms with Crippen molar-refractivity contribution in [2.45, 2.75) is 31.4 Å². The number of nitrogens with zero attached hydrogens (tertiary/aromatic N) is 1. The first-order chi connectivity index (χ1) is 6.93. The first-order valence-corrected chi connectivity index (χ1v) is 6.63. The van der Waals surface area contributed by atoms with Crippen molar-refractivity contribution < 1.29 is 9.90 Å². The van der Waals surface area contributed by atoms with Crippen molar-refractivity contribution in [2.24, 2.45) is 0 Å². The van der Waals surface area contributed by atoms with Crippen LogP contribution in [0.2, 0.25) is 0 Å². The van der Waals surface area contributed by atoms with E-state index < -0.39 is 10.7 Å². The molecular weight excluding hydrogens is 250 g/mol. The van der Waals surface area contributed by atoms with Crippen LogP contribution in [0.25, 0.3) is 0 Å². The summed E-state index contributed by atoms with van der Waals surface area (Å²) in [4.78, 5) is 10.4. The van der Waals surface area contributed by atoms with Gasteiger partial charge in [-0.3, -0.25) is 4.79 Å². The maximum atomic E-state index is 10.4. The van der Waals surface area contributed by atoms with Crippen molar-refractivity contribution in [1.82, 2.24) is 0 Å². The molecule has 0 aromatic heterocycles. The molecule has 84 valence electrons. The second-order valence-corrected chi connectivity index (χ2v) is 6.99. The first kappa shape index (κ1) is 14.8. The first-order valence-electron chi connectivity index (χ1n) is 4.42. The van der Waals surface area contributed by atoms with Gasteiger partial charge in [0.15, 0.2) is 0 Å². The van der Waals surface area contributed by atoms with Crippen LogP contribution in [0.1, 0.15) is 26.7 Å². The van der Waals surface area contributed by atoms with E-state index in [2.05, 4.69) is 6.07 Å². The fourth-order valence-corrected chi connectivity index (χ4v) is 3.71. The number of rotatable bonds is 5. The van der Waals surface area contributed by atoms with E-state index in [1.54, 1.807) is 6.92 Å². The van der Waals surface area contributed by atoms with Crippen LogP contribution in [-0.4, -0.2) is 25.1 Å². The van der Waals surface area contributed by atoms with Crippen molar-refractivity contribution >= 4 is 45.2 Å². The molecule has 0 heterocycles. The zero-order chi connectivity index (χ0) is 11.9. The zero-order valence-electron chi connectivity index (χ0n) is 8.65. The molecule has 0 aliphatic carbocycles. The van der Waals surface area contributed by atoms with Crippen LogP contribution < -0.4 is 0 Å². The van der Waals surface area contributed by atoms with Crippen molar-refractivity contribution in [1.29, 1.82) is 5.26 Å². The Bertz CT molecular complexity index is 288. The van der Waals surface area contributed by atoms with Gasteiger partial charge in [0, 0.05) is 6.42 Å². The molecule has 0 fully saturated rings. The smallest absolute Gasteiger partial charge is 0.303 e. The Morgan fingerprint density at radius 3 is 2.67 bits per heavy atom. The van der Waals surface area contributed by atoms with Gasteiger partial charge in [-0.25, -0.2) is 0 Å². The van der Waals surface area contributed by atoms with E-state index in [1.165, 1.54) is 23.5 Å². The van der Waals surface area contributed by atoms with E-state index in [4.69, 9.17) is 22.6 Å². The number of carbonyl (C=O) groups is 1. The summed E-state index contributed by atoms with van der Waals surface area (Å²) >= 11 is 7.86. The van der Waals surface area contributed by atoms with E-state index in [0.29, 0.717) is 9.95 Å². The molecule has 0 amide bonds. The minimum absolute atomic E-state index is 0.00351. The Kier molecular flexibility index (Phi) is 6.98. The Balaban J connectivity index is 4.25. The molecule has 3 nitrogen and oxygen atoms in total. The van der Waals surface area contributed by atoms with Crippen LogP contribution in [-0.2, 0) is 4.79 Å². The van der Waals surface area contributed by atoms with Crippen LogP contribution in [0.4, 0.5) is 0 Å². The summed E-state index contributed by atoms with van der Waals surface area (Å²) in [5, 5.41) is 17.5. The second-order valence-electron chi connectivity index (χ2n) is 3.02. The Labute approximate surface area is 104 Å². The quantitative estimate of drug-likeness (QED) is 0.770. The van der Waals surface area contributed by atoms with Crippen molar-refractivity contribution in [3.8, 4) is 6.07 Å². The summed E-state index contributed by atoms with van der Waals surface area (Å²) in [6, 6.07) is 2.12. The standard InChI is InChI=1S/C9H13NO2S3/c1-3-14-8(13)15-9(2,6-10)5-4-7(11)12/h3-5H2,1-2H3,(H,11,12)/t9-/m1/s1. The molecule has 0 aromatic rings. The molecule has 6 heteroatoms. The topological polar surface area (TPSA) is 61.1 Å². The number of carboxylic acids is 1. The molecule has 1 N–H and O–H groups in total. The van der Waals surface area contributed by atoms with E-state index in [1.807, 2.05) is 6.92 Å². The van der Waals surface area contributed by atoms with E-state index in [9.17, 15) is 4.79 Å². The average Bonchev–Trinajstić information content (AvgIpc) is 2.15. The number of hydrogen-bond acceptors (Lipinski definition) is 5. The van der Waals surface area contributed by atoms with E-state index in [0.717, 1.165) is 5.75 Å². The van der Waals surface area contributed by atoms with Crippen LogP contribution in [0.3, 0.4) is 0 Å². The lowest BCUT2D eigenvalue weighted by atomic mass is 10.1. The zero-order valence-corrected chi connectivity index (χ0v) is 11.1. The highest BCUT2D eigenvalue weighted by Gasteiger charge is 2.27. The third-order valence-corrected chi connectivity index (χ3v) is 4.27. The summed E-state index contributed by atoms with van der Waals surface area (Å²) in [6.45, 7) is 3.71. The Morgan fingerprint density at radius 2 is 2.27 bits per heavy atom. The molecule has 0 saturated heterocycles. The summed E-state index contributed by atoms with van der Waals surface area (Å²) in [5.41, 5.74) is 0. The van der Waals surface area contributed by atoms with Gasteiger partial charge in [0.1, 0.15) is 8.28 Å². The van der Waals surface area contributed by atoms with Gasteiger partial charge < -0.3 is 5.11 Å². The van der Waals surface area contributed by atoms with Crippen LogP contribution in [0.15, 0.2) is 0 Å². The lowest BCUT2D eigenvalue weighted by Gasteiger charge is -2.19. The fourth-order valence-electron chi connectivity index (χ4n) is 0.806. The average molecular weight is 263 g/mol. The SMILES string of the molecule is CCSC(=S)S[C@@](C)(C#N)CCC(=O)O. The van der Waals surface area contributed by atoms with Gasteiger partial charge in [-0.15, -0.1) is 11.8 Å². The predicted octanol–water partition coefficient (Wildman–Crippen LogP) is 2.90. The molecule has 0 radical (unpaired) electrons. The molecule has 0 aromatic carbocycles. The molecule has 0 unspecified atom stereocenters. The molecular formula is C9H13NO2S3. The molecule has 0 bridgehead atoms. The molecule has 0 saturated carbocycles. The number of nitriles is 1. The Morgan fingerprint density at radius 1 is 1.67 bits per heavy atom. The van der Waals surface area contributed by atoms with Gasteiger partial charge in [-0.05, 0) is 19.1 Å². The van der Waals surface area contributed by atoms with E-state index >= 15 is 0 Å². The molecule has 0 spiro atoms. The lowest BCUT2D eigenvalue weighted by molar-refractivity contribution is -0.137. The third kappa shape index (κ3) is 6.77. The molecule has 0 aliphatic heterocycles. The van der Waals surface area contributed by atoms with Gasteiger partial charge in [-0.1, -0.05) is 30.9 Å². The maximum absolute atomic E-state index is 10.4. The normalized spacial score (nSPS) is 13.9. The van der Waals surface area contributed by atoms with E-state index in [-0.39, 0.29) is 6.42 Å².